The molecule has 1 atom stereocenters. The summed E-state index contributed by atoms with van der Waals surface area (Å²) in [4.78, 5) is 4.17. The zero-order chi connectivity index (χ0) is 11.8. The van der Waals surface area contributed by atoms with E-state index in [4.69, 9.17) is 4.42 Å². The van der Waals surface area contributed by atoms with Gasteiger partial charge in [0.15, 0.2) is 0 Å². The molecule has 1 aromatic heterocycles. The van der Waals surface area contributed by atoms with Crippen molar-refractivity contribution in [1.29, 1.82) is 0 Å². The molecule has 1 unspecified atom stereocenters. The van der Waals surface area contributed by atoms with Crippen LogP contribution in [0.5, 0.6) is 0 Å². The molecule has 0 aliphatic heterocycles. The van der Waals surface area contributed by atoms with Crippen LogP contribution in [0.2, 0.25) is 0 Å². The van der Waals surface area contributed by atoms with Gasteiger partial charge in [0, 0.05) is 0 Å². The van der Waals surface area contributed by atoms with Gasteiger partial charge in [0.05, 0.1) is 12.7 Å². The fraction of sp³-hybridized carbons (Fsp3) is 0.769. The minimum atomic E-state index is 0.746. The van der Waals surface area contributed by atoms with Crippen molar-refractivity contribution in [2.24, 2.45) is 5.92 Å². The van der Waals surface area contributed by atoms with Gasteiger partial charge in [-0.1, -0.05) is 33.1 Å². The maximum absolute atomic E-state index is 5.41. The van der Waals surface area contributed by atoms with E-state index in [1.165, 1.54) is 25.7 Å². The van der Waals surface area contributed by atoms with E-state index in [0.29, 0.717) is 0 Å². The lowest BCUT2D eigenvalue weighted by molar-refractivity contribution is 0.393. The average molecular weight is 224 g/mol. The SMILES string of the molecule is CCCCC(CC)CNCc1ncc(C)o1. The molecule has 0 bridgehead atoms. The van der Waals surface area contributed by atoms with E-state index >= 15 is 0 Å². The average Bonchev–Trinajstić information content (AvgIpc) is 2.69. The van der Waals surface area contributed by atoms with Crippen molar-refractivity contribution in [3.05, 3.63) is 17.8 Å². The Balaban J connectivity index is 2.17. The molecule has 0 fully saturated rings. The molecule has 3 heteroatoms. The third kappa shape index (κ3) is 4.79. The van der Waals surface area contributed by atoms with Crippen LogP contribution in [0.25, 0.3) is 0 Å². The Morgan fingerprint density at radius 1 is 1.44 bits per heavy atom. The Bertz CT molecular complexity index is 283. The first-order valence-corrected chi connectivity index (χ1v) is 6.38. The summed E-state index contributed by atoms with van der Waals surface area (Å²) < 4.78 is 5.41. The van der Waals surface area contributed by atoms with E-state index < -0.39 is 0 Å². The van der Waals surface area contributed by atoms with Gasteiger partial charge in [0.25, 0.3) is 0 Å². The highest BCUT2D eigenvalue weighted by Crippen LogP contribution is 2.11. The minimum Gasteiger partial charge on any atom is -0.445 e. The maximum Gasteiger partial charge on any atom is 0.208 e. The molecule has 0 amide bonds. The third-order valence-corrected chi connectivity index (χ3v) is 2.92. The Kier molecular flexibility index (Phi) is 6.16. The summed E-state index contributed by atoms with van der Waals surface area (Å²) in [6, 6.07) is 0. The van der Waals surface area contributed by atoms with E-state index in [0.717, 1.165) is 30.7 Å². The molecule has 0 aliphatic rings. The first-order chi connectivity index (χ1) is 7.76. The lowest BCUT2D eigenvalue weighted by Gasteiger charge is -2.14. The first kappa shape index (κ1) is 13.2. The van der Waals surface area contributed by atoms with Crippen LogP contribution >= 0.6 is 0 Å². The number of aryl methyl sites for hydroxylation is 1. The third-order valence-electron chi connectivity index (χ3n) is 2.92. The summed E-state index contributed by atoms with van der Waals surface area (Å²) in [5.74, 6) is 2.47. The van der Waals surface area contributed by atoms with Crippen molar-refractivity contribution in [3.63, 3.8) is 0 Å². The molecule has 0 aliphatic carbocycles. The van der Waals surface area contributed by atoms with Crippen molar-refractivity contribution in [2.75, 3.05) is 6.54 Å². The Morgan fingerprint density at radius 2 is 2.25 bits per heavy atom. The molecule has 16 heavy (non-hydrogen) atoms. The number of hydrogen-bond acceptors (Lipinski definition) is 3. The topological polar surface area (TPSA) is 38.1 Å². The molecule has 0 radical (unpaired) electrons. The highest BCUT2D eigenvalue weighted by Gasteiger charge is 2.06. The van der Waals surface area contributed by atoms with Crippen LogP contribution in [0, 0.1) is 12.8 Å². The summed E-state index contributed by atoms with van der Waals surface area (Å²) in [6.45, 7) is 8.24. The van der Waals surface area contributed by atoms with Gasteiger partial charge in [0.1, 0.15) is 5.76 Å². The highest BCUT2D eigenvalue weighted by atomic mass is 16.4. The smallest absolute Gasteiger partial charge is 0.208 e. The first-order valence-electron chi connectivity index (χ1n) is 6.38. The molecular weight excluding hydrogens is 200 g/mol. The predicted octanol–water partition coefficient (Wildman–Crippen LogP) is 3.29. The van der Waals surface area contributed by atoms with E-state index in [-0.39, 0.29) is 0 Å². The fourth-order valence-electron chi connectivity index (χ4n) is 1.81. The van der Waals surface area contributed by atoms with Gasteiger partial charge >= 0.3 is 0 Å². The second-order valence-electron chi connectivity index (χ2n) is 4.41. The molecule has 0 saturated carbocycles. The number of aromatic nitrogens is 1. The van der Waals surface area contributed by atoms with Crippen molar-refractivity contribution >= 4 is 0 Å². The van der Waals surface area contributed by atoms with Crippen molar-refractivity contribution in [3.8, 4) is 0 Å². The van der Waals surface area contributed by atoms with Crippen LogP contribution in [-0.2, 0) is 6.54 Å². The molecule has 1 N–H and O–H groups in total. The Morgan fingerprint density at radius 3 is 2.81 bits per heavy atom. The second kappa shape index (κ2) is 7.44. The zero-order valence-electron chi connectivity index (χ0n) is 10.8. The molecule has 0 spiro atoms. The highest BCUT2D eigenvalue weighted by molar-refractivity contribution is 4.90. The van der Waals surface area contributed by atoms with Gasteiger partial charge in [-0.25, -0.2) is 4.98 Å². The largest absolute Gasteiger partial charge is 0.445 e. The molecule has 92 valence electrons. The van der Waals surface area contributed by atoms with E-state index in [1.807, 2.05) is 6.92 Å². The number of hydrogen-bond donors (Lipinski definition) is 1. The van der Waals surface area contributed by atoms with E-state index in [2.05, 4.69) is 24.1 Å². The molecule has 3 nitrogen and oxygen atoms in total. The monoisotopic (exact) mass is 224 g/mol. The van der Waals surface area contributed by atoms with Crippen molar-refractivity contribution in [1.82, 2.24) is 10.3 Å². The molecule has 1 rings (SSSR count). The van der Waals surface area contributed by atoms with Gasteiger partial charge < -0.3 is 9.73 Å². The molecular formula is C13H24N2O. The summed E-state index contributed by atoms with van der Waals surface area (Å²) in [5, 5.41) is 3.42. The summed E-state index contributed by atoms with van der Waals surface area (Å²) >= 11 is 0. The standard InChI is InChI=1S/C13H24N2O/c1-4-6-7-12(5-2)9-14-10-13-15-8-11(3)16-13/h8,12,14H,4-7,9-10H2,1-3H3. The van der Waals surface area contributed by atoms with Gasteiger partial charge in [-0.15, -0.1) is 0 Å². The lowest BCUT2D eigenvalue weighted by Crippen LogP contribution is -2.22. The minimum absolute atomic E-state index is 0.746. The molecule has 1 aromatic rings. The Labute approximate surface area is 98.6 Å². The molecule has 0 aromatic carbocycles. The normalized spacial score (nSPS) is 12.9. The summed E-state index contributed by atoms with van der Waals surface area (Å²) in [7, 11) is 0. The maximum atomic E-state index is 5.41. The van der Waals surface area contributed by atoms with Crippen LogP contribution in [0.15, 0.2) is 10.6 Å². The number of nitrogens with one attached hydrogen (secondary N) is 1. The quantitative estimate of drug-likeness (QED) is 0.736. The second-order valence-corrected chi connectivity index (χ2v) is 4.41. The number of rotatable bonds is 8. The van der Waals surface area contributed by atoms with Crippen LogP contribution in [-0.4, -0.2) is 11.5 Å². The van der Waals surface area contributed by atoms with E-state index in [1.54, 1.807) is 6.20 Å². The number of unbranched alkanes of at least 4 members (excludes halogenated alkanes) is 1. The summed E-state index contributed by atoms with van der Waals surface area (Å²) in [6.07, 6.45) is 6.96. The number of oxazole rings is 1. The van der Waals surface area contributed by atoms with E-state index in [9.17, 15) is 0 Å². The molecule has 1 heterocycles. The number of nitrogens with zero attached hydrogens (tertiary/aromatic N) is 1. The zero-order valence-corrected chi connectivity index (χ0v) is 10.8. The van der Waals surface area contributed by atoms with Gasteiger partial charge in [-0.05, 0) is 25.8 Å². The van der Waals surface area contributed by atoms with Crippen LogP contribution in [0.1, 0.15) is 51.2 Å². The predicted molar refractivity (Wildman–Crippen MR) is 66.3 cm³/mol. The van der Waals surface area contributed by atoms with Crippen LogP contribution in [0.4, 0.5) is 0 Å². The molecule has 0 saturated heterocycles. The van der Waals surface area contributed by atoms with Gasteiger partial charge in [-0.2, -0.15) is 0 Å². The van der Waals surface area contributed by atoms with Crippen molar-refractivity contribution < 1.29 is 4.42 Å². The summed E-state index contributed by atoms with van der Waals surface area (Å²) in [5.41, 5.74) is 0. The van der Waals surface area contributed by atoms with Gasteiger partial charge in [0.2, 0.25) is 5.89 Å². The van der Waals surface area contributed by atoms with Crippen LogP contribution in [0.3, 0.4) is 0 Å². The van der Waals surface area contributed by atoms with Gasteiger partial charge in [-0.3, -0.25) is 0 Å². The Hall–Kier alpha value is -0.830. The lowest BCUT2D eigenvalue weighted by atomic mass is 9.99. The fourth-order valence-corrected chi connectivity index (χ4v) is 1.81. The van der Waals surface area contributed by atoms with Crippen LogP contribution < -0.4 is 5.32 Å². The van der Waals surface area contributed by atoms with Crippen molar-refractivity contribution in [2.45, 2.75) is 53.0 Å².